The van der Waals surface area contributed by atoms with E-state index in [4.69, 9.17) is 11.6 Å². The van der Waals surface area contributed by atoms with Gasteiger partial charge in [0.25, 0.3) is 0 Å². The first kappa shape index (κ1) is 14.5. The molecule has 0 bridgehead atoms. The Morgan fingerprint density at radius 2 is 2.18 bits per heavy atom. The van der Waals surface area contributed by atoms with E-state index in [2.05, 4.69) is 21.2 Å². The van der Waals surface area contributed by atoms with Gasteiger partial charge < -0.3 is 5.32 Å². The molecule has 0 saturated carbocycles. The quantitative estimate of drug-likeness (QED) is 0.826. The lowest BCUT2D eigenvalue weighted by molar-refractivity contribution is -0.122. The van der Waals surface area contributed by atoms with Crippen molar-refractivity contribution in [3.8, 4) is 0 Å². The van der Waals surface area contributed by atoms with Crippen LogP contribution in [0.1, 0.15) is 25.8 Å². The van der Waals surface area contributed by atoms with Crippen LogP contribution in [0.4, 0.5) is 0 Å². The van der Waals surface area contributed by atoms with Crippen molar-refractivity contribution in [1.29, 1.82) is 0 Å². The SMILES string of the molecule is CC(C)(CCBr)NC(=O)Cc1cccc(Cl)c1. The second kappa shape index (κ2) is 6.41. The minimum atomic E-state index is -0.181. The number of amides is 1. The number of carbonyl (C=O) groups is 1. The van der Waals surface area contributed by atoms with Gasteiger partial charge in [-0.25, -0.2) is 0 Å². The maximum atomic E-state index is 11.8. The largest absolute Gasteiger partial charge is 0.351 e. The van der Waals surface area contributed by atoms with Gasteiger partial charge in [0.15, 0.2) is 0 Å². The molecule has 0 fully saturated rings. The summed E-state index contributed by atoms with van der Waals surface area (Å²) in [6, 6.07) is 7.38. The summed E-state index contributed by atoms with van der Waals surface area (Å²) in [5.74, 6) is 0.0261. The molecule has 0 saturated heterocycles. The normalized spacial score (nSPS) is 11.3. The smallest absolute Gasteiger partial charge is 0.224 e. The molecule has 0 atom stereocenters. The number of nitrogens with one attached hydrogen (secondary N) is 1. The summed E-state index contributed by atoms with van der Waals surface area (Å²) in [5.41, 5.74) is 0.753. The van der Waals surface area contributed by atoms with Crippen LogP contribution in [-0.2, 0) is 11.2 Å². The van der Waals surface area contributed by atoms with Crippen molar-refractivity contribution in [2.75, 3.05) is 5.33 Å². The van der Waals surface area contributed by atoms with Crippen LogP contribution >= 0.6 is 27.5 Å². The molecule has 1 N–H and O–H groups in total. The highest BCUT2D eigenvalue weighted by atomic mass is 79.9. The Hall–Kier alpha value is -0.540. The van der Waals surface area contributed by atoms with Crippen LogP contribution in [0.2, 0.25) is 5.02 Å². The third-order valence-corrected chi connectivity index (χ3v) is 3.08. The molecule has 0 radical (unpaired) electrons. The second-order valence-corrected chi connectivity index (χ2v) is 5.91. The van der Waals surface area contributed by atoms with Crippen LogP contribution in [0.15, 0.2) is 24.3 Å². The first-order chi connectivity index (χ1) is 7.93. The van der Waals surface area contributed by atoms with Gasteiger partial charge in [-0.05, 0) is 38.0 Å². The van der Waals surface area contributed by atoms with Gasteiger partial charge in [0.05, 0.1) is 6.42 Å². The maximum absolute atomic E-state index is 11.8. The van der Waals surface area contributed by atoms with E-state index in [0.717, 1.165) is 17.3 Å². The molecule has 0 aliphatic heterocycles. The Balaban J connectivity index is 2.55. The van der Waals surface area contributed by atoms with Crippen LogP contribution in [0.3, 0.4) is 0 Å². The Morgan fingerprint density at radius 1 is 1.47 bits per heavy atom. The van der Waals surface area contributed by atoms with E-state index in [1.807, 2.05) is 32.0 Å². The molecular weight excluding hydrogens is 302 g/mol. The molecule has 1 aromatic rings. The molecule has 94 valence electrons. The van der Waals surface area contributed by atoms with E-state index in [-0.39, 0.29) is 11.4 Å². The van der Waals surface area contributed by atoms with Crippen LogP contribution in [0.5, 0.6) is 0 Å². The van der Waals surface area contributed by atoms with Crippen LogP contribution in [0.25, 0.3) is 0 Å². The monoisotopic (exact) mass is 317 g/mol. The fourth-order valence-corrected chi connectivity index (χ4v) is 2.76. The molecule has 4 heteroatoms. The summed E-state index contributed by atoms with van der Waals surface area (Å²) in [4.78, 5) is 11.8. The minimum Gasteiger partial charge on any atom is -0.351 e. The van der Waals surface area contributed by atoms with Crippen molar-refractivity contribution in [3.63, 3.8) is 0 Å². The average molecular weight is 319 g/mol. The molecule has 1 rings (SSSR count). The van der Waals surface area contributed by atoms with Crippen molar-refractivity contribution in [3.05, 3.63) is 34.9 Å². The van der Waals surface area contributed by atoms with Gasteiger partial charge in [0.2, 0.25) is 5.91 Å². The van der Waals surface area contributed by atoms with Gasteiger partial charge in [0.1, 0.15) is 0 Å². The number of hydrogen-bond donors (Lipinski definition) is 1. The summed E-state index contributed by atoms with van der Waals surface area (Å²) in [7, 11) is 0. The Morgan fingerprint density at radius 3 is 2.76 bits per heavy atom. The molecule has 0 aliphatic carbocycles. The third kappa shape index (κ3) is 5.55. The highest BCUT2D eigenvalue weighted by molar-refractivity contribution is 9.09. The van der Waals surface area contributed by atoms with E-state index >= 15 is 0 Å². The van der Waals surface area contributed by atoms with Crippen molar-refractivity contribution >= 4 is 33.4 Å². The van der Waals surface area contributed by atoms with Gasteiger partial charge in [-0.3, -0.25) is 4.79 Å². The Kier molecular flexibility index (Phi) is 5.47. The number of rotatable bonds is 5. The molecule has 1 amide bonds. The van der Waals surface area contributed by atoms with E-state index in [9.17, 15) is 4.79 Å². The Labute approximate surface area is 116 Å². The zero-order valence-corrected chi connectivity index (χ0v) is 12.4. The first-order valence-electron chi connectivity index (χ1n) is 5.54. The lowest BCUT2D eigenvalue weighted by Crippen LogP contribution is -2.44. The van der Waals surface area contributed by atoms with Crippen LogP contribution in [0, 0.1) is 0 Å². The fraction of sp³-hybridized carbons (Fsp3) is 0.462. The highest BCUT2D eigenvalue weighted by Gasteiger charge is 2.19. The molecule has 0 spiro atoms. The topological polar surface area (TPSA) is 29.1 Å². The van der Waals surface area contributed by atoms with E-state index in [1.165, 1.54) is 0 Å². The summed E-state index contributed by atoms with van der Waals surface area (Å²) in [5, 5.41) is 4.55. The standard InChI is InChI=1S/C13H17BrClNO/c1-13(2,6-7-14)16-12(17)9-10-4-3-5-11(15)8-10/h3-5,8H,6-7,9H2,1-2H3,(H,16,17). The minimum absolute atomic E-state index is 0.0261. The predicted octanol–water partition coefficient (Wildman–Crippen LogP) is 3.56. The van der Waals surface area contributed by atoms with Crippen molar-refractivity contribution in [2.45, 2.75) is 32.2 Å². The summed E-state index contributed by atoms with van der Waals surface area (Å²) in [6.45, 7) is 4.04. The molecule has 1 aromatic carbocycles. The van der Waals surface area contributed by atoms with Gasteiger partial charge in [-0.2, -0.15) is 0 Å². The molecule has 0 unspecified atom stereocenters. The number of halogens is 2. The maximum Gasteiger partial charge on any atom is 0.224 e. The fourth-order valence-electron chi connectivity index (χ4n) is 1.55. The number of carbonyl (C=O) groups excluding carboxylic acids is 1. The lowest BCUT2D eigenvalue weighted by atomic mass is 10.0. The summed E-state index contributed by atoms with van der Waals surface area (Å²) < 4.78 is 0. The first-order valence-corrected chi connectivity index (χ1v) is 7.04. The number of benzene rings is 1. The van der Waals surface area contributed by atoms with Crippen LogP contribution in [-0.4, -0.2) is 16.8 Å². The van der Waals surface area contributed by atoms with Crippen molar-refractivity contribution in [1.82, 2.24) is 5.32 Å². The molecular formula is C13H17BrClNO. The molecule has 0 aromatic heterocycles. The third-order valence-electron chi connectivity index (χ3n) is 2.45. The van der Waals surface area contributed by atoms with E-state index in [0.29, 0.717) is 11.4 Å². The summed E-state index contributed by atoms with van der Waals surface area (Å²) in [6.07, 6.45) is 1.26. The molecule has 17 heavy (non-hydrogen) atoms. The lowest BCUT2D eigenvalue weighted by Gasteiger charge is -2.25. The van der Waals surface area contributed by atoms with Crippen LogP contribution < -0.4 is 5.32 Å². The average Bonchev–Trinajstić information content (AvgIpc) is 2.15. The van der Waals surface area contributed by atoms with E-state index in [1.54, 1.807) is 6.07 Å². The number of alkyl halides is 1. The molecule has 0 aliphatic rings. The van der Waals surface area contributed by atoms with Gasteiger partial charge in [0, 0.05) is 15.9 Å². The highest BCUT2D eigenvalue weighted by Crippen LogP contribution is 2.13. The molecule has 2 nitrogen and oxygen atoms in total. The van der Waals surface area contributed by atoms with E-state index < -0.39 is 0 Å². The summed E-state index contributed by atoms with van der Waals surface area (Å²) >= 11 is 9.26. The second-order valence-electron chi connectivity index (χ2n) is 4.68. The van der Waals surface area contributed by atoms with Crippen molar-refractivity contribution < 1.29 is 4.79 Å². The zero-order valence-electron chi connectivity index (χ0n) is 10.1. The van der Waals surface area contributed by atoms with Gasteiger partial charge in [-0.15, -0.1) is 0 Å². The van der Waals surface area contributed by atoms with Gasteiger partial charge in [-0.1, -0.05) is 39.7 Å². The van der Waals surface area contributed by atoms with Gasteiger partial charge >= 0.3 is 0 Å². The Bertz CT molecular complexity index is 393. The zero-order chi connectivity index (χ0) is 12.9. The predicted molar refractivity (Wildman–Crippen MR) is 75.8 cm³/mol. The van der Waals surface area contributed by atoms with Crippen molar-refractivity contribution in [2.24, 2.45) is 0 Å². The number of hydrogen-bond acceptors (Lipinski definition) is 1. The molecule has 0 heterocycles.